The Morgan fingerprint density at radius 2 is 1.96 bits per heavy atom. The summed E-state index contributed by atoms with van der Waals surface area (Å²) in [6, 6.07) is 1.59. The number of aliphatic hydroxyl groups is 1. The van der Waals surface area contributed by atoms with Gasteiger partial charge in [0, 0.05) is 12.6 Å². The predicted molar refractivity (Wildman–Crippen MR) is 108 cm³/mol. The van der Waals surface area contributed by atoms with Crippen molar-refractivity contribution in [3.05, 3.63) is 22.7 Å². The summed E-state index contributed by atoms with van der Waals surface area (Å²) in [6.07, 6.45) is 1.36. The molecule has 0 bridgehead atoms. The molecule has 0 amide bonds. The fraction of sp³-hybridized carbons (Fsp3) is 0.789. The molecule has 1 aliphatic rings. The van der Waals surface area contributed by atoms with Gasteiger partial charge >= 0.3 is 5.69 Å². The molecule has 1 radical (unpaired) electrons. The van der Waals surface area contributed by atoms with E-state index in [1.165, 1.54) is 4.57 Å². The highest BCUT2D eigenvalue weighted by Gasteiger charge is 2.62. The number of nitrogens with zero attached hydrogens (tertiary/aromatic N) is 2. The highest BCUT2D eigenvalue weighted by molar-refractivity contribution is 6.58. The highest BCUT2D eigenvalue weighted by atomic mass is 28.3. The number of aromatic nitrogens is 2. The minimum Gasteiger partial charge on any atom is -0.386 e. The third-order valence-corrected chi connectivity index (χ3v) is 7.44. The van der Waals surface area contributed by atoms with Crippen molar-refractivity contribution >= 4 is 14.6 Å². The van der Waals surface area contributed by atoms with Gasteiger partial charge in [-0.25, -0.2) is 4.79 Å². The van der Waals surface area contributed by atoms with Crippen molar-refractivity contribution < 1.29 is 14.6 Å². The minimum atomic E-state index is -1.23. The van der Waals surface area contributed by atoms with Crippen LogP contribution in [0.3, 0.4) is 0 Å². The summed E-state index contributed by atoms with van der Waals surface area (Å²) in [5.41, 5.74) is 3.20. The van der Waals surface area contributed by atoms with E-state index in [0.717, 1.165) is 0 Å². The molecule has 2 rings (SSSR count). The van der Waals surface area contributed by atoms with Gasteiger partial charge in [0.15, 0.2) is 0 Å². The number of anilines is 1. The van der Waals surface area contributed by atoms with Gasteiger partial charge in [0.05, 0.1) is 12.2 Å². The van der Waals surface area contributed by atoms with Gasteiger partial charge in [-0.1, -0.05) is 33.9 Å². The largest absolute Gasteiger partial charge is 0.386 e. The van der Waals surface area contributed by atoms with Crippen molar-refractivity contribution in [1.82, 2.24) is 9.55 Å². The average Bonchev–Trinajstić information content (AvgIpc) is 2.79. The Kier molecular flexibility index (Phi) is 5.71. The molecule has 1 saturated heterocycles. The van der Waals surface area contributed by atoms with Crippen LogP contribution in [0.15, 0.2) is 17.1 Å². The van der Waals surface area contributed by atoms with Crippen molar-refractivity contribution in [2.75, 3.05) is 12.3 Å². The normalized spacial score (nSPS) is 29.5. The molecule has 7 nitrogen and oxygen atoms in total. The van der Waals surface area contributed by atoms with Gasteiger partial charge in [-0.05, 0) is 32.3 Å². The number of nitrogens with two attached hydrogens (primary N) is 1. The van der Waals surface area contributed by atoms with E-state index in [1.54, 1.807) is 12.3 Å². The molecule has 1 fully saturated rings. The molecule has 0 spiro atoms. The lowest BCUT2D eigenvalue weighted by Crippen LogP contribution is -2.53. The monoisotopic (exact) mass is 396 g/mol. The first-order valence-corrected chi connectivity index (χ1v) is 11.8. The Bertz CT molecular complexity index is 738. The van der Waals surface area contributed by atoms with Crippen LogP contribution in [0.5, 0.6) is 0 Å². The average molecular weight is 397 g/mol. The molecule has 0 unspecified atom stereocenters. The minimum absolute atomic E-state index is 0.170. The van der Waals surface area contributed by atoms with Gasteiger partial charge in [0.2, 0.25) is 0 Å². The van der Waals surface area contributed by atoms with Crippen molar-refractivity contribution in [2.45, 2.75) is 83.7 Å². The summed E-state index contributed by atoms with van der Waals surface area (Å²) >= 11 is 0. The van der Waals surface area contributed by atoms with Crippen LogP contribution in [-0.2, 0) is 14.8 Å². The molecule has 8 heteroatoms. The van der Waals surface area contributed by atoms with E-state index in [1.807, 2.05) is 41.5 Å². The molecular formula is C19H34N3O4Si. The van der Waals surface area contributed by atoms with Gasteiger partial charge in [0.25, 0.3) is 0 Å². The van der Waals surface area contributed by atoms with Crippen LogP contribution in [0.4, 0.5) is 5.82 Å². The highest BCUT2D eigenvalue weighted by Crippen LogP contribution is 2.50. The van der Waals surface area contributed by atoms with Gasteiger partial charge in [-0.15, -0.1) is 0 Å². The zero-order valence-electron chi connectivity index (χ0n) is 17.8. The maximum Gasteiger partial charge on any atom is 0.351 e. The summed E-state index contributed by atoms with van der Waals surface area (Å²) in [4.78, 5) is 16.5. The molecule has 1 aromatic rings. The lowest BCUT2D eigenvalue weighted by atomic mass is 9.72. The van der Waals surface area contributed by atoms with E-state index in [9.17, 15) is 9.90 Å². The Morgan fingerprint density at radius 1 is 1.37 bits per heavy atom. The number of ether oxygens (including phenoxy) is 2. The fourth-order valence-electron chi connectivity index (χ4n) is 3.47. The van der Waals surface area contributed by atoms with E-state index >= 15 is 0 Å². The Hall–Kier alpha value is -1.22. The molecule has 0 aliphatic carbocycles. The molecule has 0 saturated carbocycles. The van der Waals surface area contributed by atoms with E-state index in [2.05, 4.69) is 18.1 Å². The maximum atomic E-state index is 12.6. The van der Waals surface area contributed by atoms with Crippen molar-refractivity contribution in [1.29, 1.82) is 0 Å². The van der Waals surface area contributed by atoms with Crippen LogP contribution in [0.1, 0.15) is 48.0 Å². The van der Waals surface area contributed by atoms with Crippen LogP contribution in [-0.4, -0.2) is 47.4 Å². The second-order valence-corrected chi connectivity index (χ2v) is 12.5. The lowest BCUT2D eigenvalue weighted by Gasteiger charge is -2.41. The zero-order chi connectivity index (χ0) is 20.8. The number of hydrogen-bond donors (Lipinski definition) is 2. The van der Waals surface area contributed by atoms with Gasteiger partial charge < -0.3 is 20.3 Å². The second kappa shape index (κ2) is 6.99. The third-order valence-electron chi connectivity index (χ3n) is 5.34. The smallest absolute Gasteiger partial charge is 0.351 e. The van der Waals surface area contributed by atoms with Crippen molar-refractivity contribution in [3.8, 4) is 0 Å². The first-order chi connectivity index (χ1) is 12.1. The first kappa shape index (κ1) is 22.1. The van der Waals surface area contributed by atoms with Crippen molar-refractivity contribution in [3.63, 3.8) is 0 Å². The quantitative estimate of drug-likeness (QED) is 0.757. The summed E-state index contributed by atoms with van der Waals surface area (Å²) in [7, 11) is -1.23. The van der Waals surface area contributed by atoms with Crippen molar-refractivity contribution in [2.24, 2.45) is 5.41 Å². The number of rotatable bonds is 4. The van der Waals surface area contributed by atoms with Crippen LogP contribution >= 0.6 is 0 Å². The standard InChI is InChI=1S/C19H34N3O4Si/c1-16(2,3)18(24)12-19(27(7)8,22-10-9-14(20)21-15(22)23)26-13(18)11-25-17(4,5)6/h9-10,13,24H,11-12H2,1-8H3,(H2,20,21,23)/t13-,18+,19+/m1/s1. The molecule has 1 aromatic heterocycles. The number of hydrogen-bond acceptors (Lipinski definition) is 6. The Morgan fingerprint density at radius 3 is 2.41 bits per heavy atom. The molecule has 3 N–H and O–H groups in total. The lowest BCUT2D eigenvalue weighted by molar-refractivity contribution is -0.160. The Balaban J connectivity index is 2.56. The molecular weight excluding hydrogens is 362 g/mol. The molecule has 2 heterocycles. The van der Waals surface area contributed by atoms with E-state index in [4.69, 9.17) is 15.2 Å². The summed E-state index contributed by atoms with van der Waals surface area (Å²) in [6.45, 7) is 16.2. The number of nitrogen functional groups attached to an aromatic ring is 1. The molecule has 1 aliphatic heterocycles. The van der Waals surface area contributed by atoms with Gasteiger partial charge in [0.1, 0.15) is 31.7 Å². The third kappa shape index (κ3) is 4.13. The van der Waals surface area contributed by atoms with Crippen LogP contribution in [0.2, 0.25) is 13.1 Å². The zero-order valence-corrected chi connectivity index (χ0v) is 18.8. The van der Waals surface area contributed by atoms with Gasteiger partial charge in [-0.2, -0.15) is 4.98 Å². The second-order valence-electron chi connectivity index (χ2n) is 9.67. The fourth-order valence-corrected chi connectivity index (χ4v) is 5.12. The van der Waals surface area contributed by atoms with E-state index < -0.39 is 37.0 Å². The van der Waals surface area contributed by atoms with Gasteiger partial charge in [-0.3, -0.25) is 4.57 Å². The molecule has 27 heavy (non-hydrogen) atoms. The van der Waals surface area contributed by atoms with Crippen LogP contribution in [0.25, 0.3) is 0 Å². The molecule has 0 aromatic carbocycles. The topological polar surface area (TPSA) is 99.6 Å². The van der Waals surface area contributed by atoms with E-state index in [-0.39, 0.29) is 18.0 Å². The van der Waals surface area contributed by atoms with E-state index in [0.29, 0.717) is 6.42 Å². The summed E-state index contributed by atoms with van der Waals surface area (Å²) < 4.78 is 14.0. The summed E-state index contributed by atoms with van der Waals surface area (Å²) in [5, 5.41) is 10.8. The molecule has 153 valence electrons. The maximum absolute atomic E-state index is 12.6. The molecule has 3 atom stereocenters. The van der Waals surface area contributed by atoms with Crippen LogP contribution in [0, 0.1) is 5.41 Å². The summed E-state index contributed by atoms with van der Waals surface area (Å²) in [5.74, 6) is 0.170. The Labute approximate surface area is 163 Å². The van der Waals surface area contributed by atoms with Crippen LogP contribution < -0.4 is 11.4 Å². The predicted octanol–water partition coefficient (Wildman–Crippen LogP) is 2.15. The first-order valence-electron chi connectivity index (χ1n) is 9.33. The SMILES string of the molecule is C[Si](C)[C@]1(n2ccc(N)nc2=O)C[C@@](O)(C(C)(C)C)[C@@H](COC(C)(C)C)O1.